The van der Waals surface area contributed by atoms with Crippen LogP contribution in [0.2, 0.25) is 0 Å². The summed E-state index contributed by atoms with van der Waals surface area (Å²) in [6.07, 6.45) is -0.801. The SMILES string of the molecule is Cc1ccc(/C(O)=C2/C(=O)C(=O)N(CC(C)O)C2c2ccc(C(C)C)cc2)cc1. The molecule has 0 radical (unpaired) electrons. The standard InChI is InChI=1S/C24H27NO4/c1-14(2)17-9-11-18(12-10-17)21-20(22(27)19-7-5-15(3)6-8-19)23(28)24(29)25(21)13-16(4)26/h5-12,14,16,21,26-27H,13H2,1-4H3/b22-20-. The number of Topliss-reactive ketones (excluding diaryl/α,β-unsaturated/α-hetero) is 1. The van der Waals surface area contributed by atoms with Crippen LogP contribution in [0.1, 0.15) is 55.0 Å². The van der Waals surface area contributed by atoms with Crippen molar-refractivity contribution in [3.05, 3.63) is 76.4 Å². The average Bonchev–Trinajstić information content (AvgIpc) is 2.92. The lowest BCUT2D eigenvalue weighted by atomic mass is 9.93. The summed E-state index contributed by atoms with van der Waals surface area (Å²) >= 11 is 0. The maximum atomic E-state index is 12.8. The number of ketones is 1. The van der Waals surface area contributed by atoms with Crippen LogP contribution in [-0.2, 0) is 9.59 Å². The number of benzene rings is 2. The van der Waals surface area contributed by atoms with Gasteiger partial charge in [0.15, 0.2) is 0 Å². The highest BCUT2D eigenvalue weighted by atomic mass is 16.3. The maximum absolute atomic E-state index is 12.8. The van der Waals surface area contributed by atoms with Crippen LogP contribution in [0.15, 0.2) is 54.1 Å². The second-order valence-corrected chi connectivity index (χ2v) is 7.99. The van der Waals surface area contributed by atoms with Gasteiger partial charge in [-0.05, 0) is 30.9 Å². The zero-order valence-electron chi connectivity index (χ0n) is 17.2. The molecule has 2 aromatic carbocycles. The number of hydrogen-bond acceptors (Lipinski definition) is 4. The van der Waals surface area contributed by atoms with Crippen LogP contribution in [-0.4, -0.2) is 39.5 Å². The Morgan fingerprint density at radius 1 is 1.00 bits per heavy atom. The number of β-amino-alcohol motifs (C(OH)–C–C–N with tert-alkyl or cyclic N) is 1. The Bertz CT molecular complexity index is 940. The highest BCUT2D eigenvalue weighted by Crippen LogP contribution is 2.39. The first-order valence-electron chi connectivity index (χ1n) is 9.84. The first-order valence-corrected chi connectivity index (χ1v) is 9.84. The molecule has 1 fully saturated rings. The Labute approximate surface area is 171 Å². The largest absolute Gasteiger partial charge is 0.507 e. The van der Waals surface area contributed by atoms with E-state index >= 15 is 0 Å². The Balaban J connectivity index is 2.15. The van der Waals surface area contributed by atoms with Crippen molar-refractivity contribution < 1.29 is 19.8 Å². The fourth-order valence-electron chi connectivity index (χ4n) is 3.63. The van der Waals surface area contributed by atoms with Gasteiger partial charge in [0.05, 0.1) is 17.7 Å². The van der Waals surface area contributed by atoms with Crippen LogP contribution < -0.4 is 0 Å². The molecule has 2 atom stereocenters. The topological polar surface area (TPSA) is 77.8 Å². The Hall–Kier alpha value is -2.92. The number of carbonyl (C=O) groups excluding carboxylic acids is 2. The van der Waals surface area contributed by atoms with E-state index < -0.39 is 23.8 Å². The first kappa shape index (κ1) is 20.8. The number of amides is 1. The number of hydrogen-bond donors (Lipinski definition) is 2. The molecule has 1 aliphatic heterocycles. The van der Waals surface area contributed by atoms with Gasteiger partial charge in [0.25, 0.3) is 11.7 Å². The molecule has 0 bridgehead atoms. The summed E-state index contributed by atoms with van der Waals surface area (Å²) < 4.78 is 0. The molecule has 0 spiro atoms. The molecule has 29 heavy (non-hydrogen) atoms. The molecule has 1 aliphatic rings. The van der Waals surface area contributed by atoms with Crippen molar-refractivity contribution in [1.82, 2.24) is 4.90 Å². The molecule has 5 heteroatoms. The molecule has 0 aromatic heterocycles. The molecule has 5 nitrogen and oxygen atoms in total. The van der Waals surface area contributed by atoms with Crippen LogP contribution >= 0.6 is 0 Å². The normalized spacial score (nSPS) is 19.8. The van der Waals surface area contributed by atoms with Crippen molar-refractivity contribution in [2.45, 2.75) is 45.8 Å². The number of aryl methyl sites for hydroxylation is 1. The molecule has 0 saturated carbocycles. The van der Waals surface area contributed by atoms with Crippen LogP contribution in [0.5, 0.6) is 0 Å². The predicted molar refractivity (Wildman–Crippen MR) is 112 cm³/mol. The van der Waals surface area contributed by atoms with E-state index in [0.29, 0.717) is 11.5 Å². The zero-order chi connectivity index (χ0) is 21.3. The van der Waals surface area contributed by atoms with Crippen molar-refractivity contribution in [3.63, 3.8) is 0 Å². The Kier molecular flexibility index (Phi) is 5.89. The molecule has 1 heterocycles. The Morgan fingerprint density at radius 2 is 1.59 bits per heavy atom. The minimum atomic E-state index is -0.801. The monoisotopic (exact) mass is 393 g/mol. The lowest BCUT2D eigenvalue weighted by Crippen LogP contribution is -2.35. The lowest BCUT2D eigenvalue weighted by Gasteiger charge is -2.26. The van der Waals surface area contributed by atoms with Crippen LogP contribution in [0, 0.1) is 6.92 Å². The van der Waals surface area contributed by atoms with Gasteiger partial charge in [0.2, 0.25) is 0 Å². The molecule has 2 unspecified atom stereocenters. The number of aliphatic hydroxyl groups excluding tert-OH is 2. The average molecular weight is 393 g/mol. The number of aliphatic hydroxyl groups is 2. The molecule has 2 aromatic rings. The van der Waals surface area contributed by atoms with Gasteiger partial charge in [-0.1, -0.05) is 67.9 Å². The smallest absolute Gasteiger partial charge is 0.295 e. The van der Waals surface area contributed by atoms with Gasteiger partial charge < -0.3 is 15.1 Å². The highest BCUT2D eigenvalue weighted by molar-refractivity contribution is 6.46. The number of rotatable bonds is 5. The zero-order valence-corrected chi connectivity index (χ0v) is 17.2. The quantitative estimate of drug-likeness (QED) is 0.458. The van der Waals surface area contributed by atoms with Gasteiger partial charge in [-0.3, -0.25) is 9.59 Å². The molecule has 2 N–H and O–H groups in total. The fourth-order valence-corrected chi connectivity index (χ4v) is 3.63. The van der Waals surface area contributed by atoms with E-state index in [4.69, 9.17) is 0 Å². The van der Waals surface area contributed by atoms with Gasteiger partial charge in [-0.15, -0.1) is 0 Å². The molecule has 0 aliphatic carbocycles. The van der Waals surface area contributed by atoms with E-state index in [-0.39, 0.29) is 17.9 Å². The summed E-state index contributed by atoms with van der Waals surface area (Å²) in [5, 5.41) is 20.8. The second-order valence-electron chi connectivity index (χ2n) is 7.99. The first-order chi connectivity index (χ1) is 13.7. The third-order valence-electron chi connectivity index (χ3n) is 5.24. The summed E-state index contributed by atoms with van der Waals surface area (Å²) in [7, 11) is 0. The van der Waals surface area contributed by atoms with Crippen LogP contribution in [0.25, 0.3) is 5.76 Å². The second kappa shape index (κ2) is 8.21. The molecule has 1 saturated heterocycles. The fraction of sp³-hybridized carbons (Fsp3) is 0.333. The lowest BCUT2D eigenvalue weighted by molar-refractivity contribution is -0.140. The van der Waals surface area contributed by atoms with E-state index in [1.54, 1.807) is 19.1 Å². The third kappa shape index (κ3) is 4.10. The van der Waals surface area contributed by atoms with Gasteiger partial charge in [0.1, 0.15) is 5.76 Å². The molecular formula is C24H27NO4. The third-order valence-corrected chi connectivity index (χ3v) is 5.24. The highest BCUT2D eigenvalue weighted by Gasteiger charge is 2.46. The van der Waals surface area contributed by atoms with E-state index in [2.05, 4.69) is 13.8 Å². The summed E-state index contributed by atoms with van der Waals surface area (Å²) in [6.45, 7) is 7.68. The van der Waals surface area contributed by atoms with Gasteiger partial charge in [0, 0.05) is 12.1 Å². The summed E-state index contributed by atoms with van der Waals surface area (Å²) in [6, 6.07) is 14.1. The van der Waals surface area contributed by atoms with Crippen molar-refractivity contribution in [2.75, 3.05) is 6.54 Å². The minimum Gasteiger partial charge on any atom is -0.507 e. The minimum absolute atomic E-state index is 0.00580. The maximum Gasteiger partial charge on any atom is 0.295 e. The van der Waals surface area contributed by atoms with Crippen LogP contribution in [0.4, 0.5) is 0 Å². The van der Waals surface area contributed by atoms with Crippen molar-refractivity contribution >= 4 is 17.4 Å². The van der Waals surface area contributed by atoms with E-state index in [0.717, 1.165) is 16.7 Å². The van der Waals surface area contributed by atoms with Gasteiger partial charge in [-0.25, -0.2) is 0 Å². The van der Waals surface area contributed by atoms with Crippen molar-refractivity contribution in [2.24, 2.45) is 0 Å². The van der Waals surface area contributed by atoms with E-state index in [9.17, 15) is 19.8 Å². The molecular weight excluding hydrogens is 366 g/mol. The van der Waals surface area contributed by atoms with E-state index in [1.807, 2.05) is 43.3 Å². The van der Waals surface area contributed by atoms with Gasteiger partial charge in [-0.2, -0.15) is 0 Å². The number of likely N-dealkylation sites (tertiary alicyclic amines) is 1. The summed E-state index contributed by atoms with van der Waals surface area (Å²) in [5.41, 5.74) is 3.42. The van der Waals surface area contributed by atoms with Crippen molar-refractivity contribution in [3.8, 4) is 0 Å². The molecule has 1 amide bonds. The van der Waals surface area contributed by atoms with E-state index in [1.165, 1.54) is 4.90 Å². The number of carbonyl (C=O) groups is 2. The molecule has 3 rings (SSSR count). The van der Waals surface area contributed by atoms with Gasteiger partial charge >= 0.3 is 0 Å². The predicted octanol–water partition coefficient (Wildman–Crippen LogP) is 3.92. The summed E-state index contributed by atoms with van der Waals surface area (Å²) in [4.78, 5) is 26.9. The van der Waals surface area contributed by atoms with Crippen LogP contribution in [0.3, 0.4) is 0 Å². The molecule has 152 valence electrons. The Morgan fingerprint density at radius 3 is 2.10 bits per heavy atom. The van der Waals surface area contributed by atoms with Crippen molar-refractivity contribution in [1.29, 1.82) is 0 Å². The number of nitrogens with zero attached hydrogens (tertiary/aromatic N) is 1. The summed E-state index contributed by atoms with van der Waals surface area (Å²) in [5.74, 6) is -1.30.